The summed E-state index contributed by atoms with van der Waals surface area (Å²) in [6, 6.07) is 9.77. The van der Waals surface area contributed by atoms with E-state index in [2.05, 4.69) is 45.0 Å². The Labute approximate surface area is 137 Å². The van der Waals surface area contributed by atoms with Crippen molar-refractivity contribution in [2.75, 3.05) is 5.32 Å². The molecule has 4 nitrogen and oxygen atoms in total. The Morgan fingerprint density at radius 1 is 1.32 bits per heavy atom. The third-order valence-corrected chi connectivity index (χ3v) is 3.98. The Kier molecular flexibility index (Phi) is 4.07. The molecule has 0 aliphatic carbocycles. The van der Waals surface area contributed by atoms with Gasteiger partial charge in [-0.25, -0.2) is 0 Å². The van der Waals surface area contributed by atoms with Gasteiger partial charge >= 0.3 is 0 Å². The van der Waals surface area contributed by atoms with E-state index in [0.717, 1.165) is 29.6 Å². The van der Waals surface area contributed by atoms with Gasteiger partial charge in [0.25, 0.3) is 5.91 Å². The number of nitrogens with zero attached hydrogens (tertiary/aromatic N) is 1. The average Bonchev–Trinajstić information content (AvgIpc) is 3.02. The topological polar surface area (TPSA) is 47.2 Å². The van der Waals surface area contributed by atoms with Gasteiger partial charge < -0.3 is 14.3 Å². The van der Waals surface area contributed by atoms with Crippen LogP contribution in [0, 0.1) is 6.92 Å². The van der Waals surface area contributed by atoms with Gasteiger partial charge in [0.1, 0.15) is 0 Å². The minimum absolute atomic E-state index is 0.240. The number of halogens is 1. The van der Waals surface area contributed by atoms with Crippen LogP contribution in [0.15, 0.2) is 45.6 Å². The number of hydrogen-bond donors (Lipinski definition) is 1. The maximum Gasteiger partial charge on any atom is 0.291 e. The molecular formula is C17H17BrN2O2. The van der Waals surface area contributed by atoms with Crippen LogP contribution in [-0.2, 0) is 6.54 Å². The Morgan fingerprint density at radius 3 is 2.82 bits per heavy atom. The molecule has 0 bridgehead atoms. The van der Waals surface area contributed by atoms with Crippen LogP contribution in [-0.4, -0.2) is 10.5 Å². The summed E-state index contributed by atoms with van der Waals surface area (Å²) in [5.74, 6) is 0.0889. The number of benzene rings is 1. The first-order chi connectivity index (χ1) is 10.6. The Bertz CT molecular complexity index is 832. The molecule has 2 aromatic heterocycles. The molecule has 5 heteroatoms. The first-order valence-electron chi connectivity index (χ1n) is 7.24. The highest BCUT2D eigenvalue weighted by Crippen LogP contribution is 2.23. The predicted molar refractivity (Wildman–Crippen MR) is 91.3 cm³/mol. The van der Waals surface area contributed by atoms with E-state index < -0.39 is 0 Å². The van der Waals surface area contributed by atoms with Crippen LogP contribution < -0.4 is 5.32 Å². The fourth-order valence-electron chi connectivity index (χ4n) is 2.57. The van der Waals surface area contributed by atoms with Crippen LogP contribution in [0.3, 0.4) is 0 Å². The molecule has 1 amide bonds. The highest BCUT2D eigenvalue weighted by molar-refractivity contribution is 9.10. The largest absolute Gasteiger partial charge is 0.444 e. The number of aromatic nitrogens is 1. The van der Waals surface area contributed by atoms with Crippen molar-refractivity contribution in [3.05, 3.63) is 52.5 Å². The molecule has 0 saturated carbocycles. The second-order valence-corrected chi connectivity index (χ2v) is 6.08. The van der Waals surface area contributed by atoms with Crippen LogP contribution in [0.5, 0.6) is 0 Å². The van der Waals surface area contributed by atoms with Gasteiger partial charge in [-0.05, 0) is 59.6 Å². The van der Waals surface area contributed by atoms with E-state index in [0.29, 0.717) is 10.4 Å². The number of hydrogen-bond acceptors (Lipinski definition) is 2. The van der Waals surface area contributed by atoms with Gasteiger partial charge in [-0.15, -0.1) is 0 Å². The van der Waals surface area contributed by atoms with Crippen molar-refractivity contribution in [3.63, 3.8) is 0 Å². The van der Waals surface area contributed by atoms with Crippen LogP contribution >= 0.6 is 15.9 Å². The Hall–Kier alpha value is -2.01. The first-order valence-corrected chi connectivity index (χ1v) is 8.04. The molecule has 0 spiro atoms. The van der Waals surface area contributed by atoms with Crippen LogP contribution in [0.4, 0.5) is 5.69 Å². The van der Waals surface area contributed by atoms with Crippen molar-refractivity contribution in [2.45, 2.75) is 26.8 Å². The lowest BCUT2D eigenvalue weighted by molar-refractivity contribution is 0.0994. The maximum absolute atomic E-state index is 12.3. The summed E-state index contributed by atoms with van der Waals surface area (Å²) >= 11 is 3.24. The van der Waals surface area contributed by atoms with Crippen molar-refractivity contribution in [1.82, 2.24) is 4.57 Å². The average molecular weight is 361 g/mol. The van der Waals surface area contributed by atoms with Gasteiger partial charge in [-0.1, -0.05) is 6.92 Å². The molecule has 0 aliphatic rings. The minimum atomic E-state index is -0.240. The van der Waals surface area contributed by atoms with Crippen LogP contribution in [0.25, 0.3) is 10.9 Å². The smallest absolute Gasteiger partial charge is 0.291 e. The molecule has 114 valence electrons. The van der Waals surface area contributed by atoms with Crippen molar-refractivity contribution >= 4 is 38.4 Å². The van der Waals surface area contributed by atoms with Crippen molar-refractivity contribution < 1.29 is 9.21 Å². The number of nitrogens with one attached hydrogen (secondary N) is 1. The van der Waals surface area contributed by atoms with Gasteiger partial charge in [-0.3, -0.25) is 4.79 Å². The van der Waals surface area contributed by atoms with E-state index in [1.54, 1.807) is 6.07 Å². The highest BCUT2D eigenvalue weighted by atomic mass is 79.9. The molecule has 0 saturated heterocycles. The molecule has 1 N–H and O–H groups in total. The zero-order valence-electron chi connectivity index (χ0n) is 12.5. The number of carbonyl (C=O) groups excluding carboxylic acids is 1. The fourth-order valence-corrected chi connectivity index (χ4v) is 3.08. The quantitative estimate of drug-likeness (QED) is 0.713. The van der Waals surface area contributed by atoms with E-state index >= 15 is 0 Å². The molecule has 0 aliphatic heterocycles. The SMILES string of the molecule is CCCn1ccc2cc(NC(=O)c3oc(Br)cc3C)ccc21. The first kappa shape index (κ1) is 14.9. The van der Waals surface area contributed by atoms with Gasteiger partial charge in [0.15, 0.2) is 10.4 Å². The molecule has 3 aromatic rings. The molecule has 0 atom stereocenters. The van der Waals surface area contributed by atoms with Gasteiger partial charge in [0, 0.05) is 34.9 Å². The van der Waals surface area contributed by atoms with Gasteiger partial charge in [0.05, 0.1) is 0 Å². The lowest BCUT2D eigenvalue weighted by atomic mass is 10.2. The number of rotatable bonds is 4. The van der Waals surface area contributed by atoms with Gasteiger partial charge in [-0.2, -0.15) is 0 Å². The van der Waals surface area contributed by atoms with E-state index in [4.69, 9.17) is 4.42 Å². The number of carbonyl (C=O) groups is 1. The molecule has 0 radical (unpaired) electrons. The van der Waals surface area contributed by atoms with Crippen molar-refractivity contribution in [3.8, 4) is 0 Å². The van der Waals surface area contributed by atoms with Gasteiger partial charge in [0.2, 0.25) is 0 Å². The zero-order valence-corrected chi connectivity index (χ0v) is 14.1. The Balaban J connectivity index is 1.85. The summed E-state index contributed by atoms with van der Waals surface area (Å²) in [5, 5.41) is 4.00. The lowest BCUT2D eigenvalue weighted by Crippen LogP contribution is -2.12. The predicted octanol–water partition coefficient (Wildman–Crippen LogP) is 4.97. The second-order valence-electron chi connectivity index (χ2n) is 5.30. The fraction of sp³-hybridized carbons (Fsp3) is 0.235. The number of amides is 1. The third kappa shape index (κ3) is 2.81. The molecule has 0 fully saturated rings. The van der Waals surface area contributed by atoms with E-state index in [9.17, 15) is 4.79 Å². The Morgan fingerprint density at radius 2 is 2.14 bits per heavy atom. The monoisotopic (exact) mass is 360 g/mol. The minimum Gasteiger partial charge on any atom is -0.444 e. The van der Waals surface area contributed by atoms with Crippen molar-refractivity contribution in [2.24, 2.45) is 0 Å². The number of aryl methyl sites for hydroxylation is 2. The molecule has 0 unspecified atom stereocenters. The number of fused-ring (bicyclic) bond motifs is 1. The zero-order chi connectivity index (χ0) is 15.7. The summed E-state index contributed by atoms with van der Waals surface area (Å²) in [5.41, 5.74) is 2.75. The van der Waals surface area contributed by atoms with Crippen LogP contribution in [0.1, 0.15) is 29.5 Å². The highest BCUT2D eigenvalue weighted by Gasteiger charge is 2.15. The maximum atomic E-state index is 12.3. The van der Waals surface area contributed by atoms with Crippen molar-refractivity contribution in [1.29, 1.82) is 0 Å². The molecule has 22 heavy (non-hydrogen) atoms. The second kappa shape index (κ2) is 6.01. The molecular weight excluding hydrogens is 344 g/mol. The van der Waals surface area contributed by atoms with E-state index in [1.165, 1.54) is 5.52 Å². The van der Waals surface area contributed by atoms with E-state index in [1.807, 2.05) is 25.1 Å². The summed E-state index contributed by atoms with van der Waals surface area (Å²) in [6.07, 6.45) is 3.17. The van der Waals surface area contributed by atoms with E-state index in [-0.39, 0.29) is 5.91 Å². The normalized spacial score (nSPS) is 11.0. The summed E-state index contributed by atoms with van der Waals surface area (Å²) in [6.45, 7) is 5.00. The molecule has 2 heterocycles. The number of furan rings is 1. The molecule has 1 aromatic carbocycles. The third-order valence-electron chi connectivity index (χ3n) is 3.59. The number of anilines is 1. The lowest BCUT2D eigenvalue weighted by Gasteiger charge is -2.06. The molecule has 3 rings (SSSR count). The summed E-state index contributed by atoms with van der Waals surface area (Å²) in [4.78, 5) is 12.3. The summed E-state index contributed by atoms with van der Waals surface area (Å²) < 4.78 is 8.15. The van der Waals surface area contributed by atoms with Crippen LogP contribution in [0.2, 0.25) is 0 Å². The summed E-state index contributed by atoms with van der Waals surface area (Å²) in [7, 11) is 0. The standard InChI is InChI=1S/C17H17BrN2O2/c1-3-7-20-8-6-12-10-13(4-5-14(12)20)19-17(21)16-11(2)9-15(18)22-16/h4-6,8-10H,3,7H2,1-2H3,(H,19,21).